The number of likely N-dealkylation sites (tertiary alicyclic amines) is 1. The van der Waals surface area contributed by atoms with Crippen LogP contribution >= 0.6 is 12.4 Å². The largest absolute Gasteiger partial charge is 0.351 e. The molecule has 1 aliphatic rings. The molecule has 124 valence electrons. The van der Waals surface area contributed by atoms with Gasteiger partial charge >= 0.3 is 0 Å². The zero-order valence-electron chi connectivity index (χ0n) is 13.8. The average Bonchev–Trinajstić information content (AvgIpc) is 2.40. The van der Waals surface area contributed by atoms with Crippen molar-refractivity contribution < 1.29 is 4.79 Å². The van der Waals surface area contributed by atoms with E-state index in [9.17, 15) is 4.79 Å². The van der Waals surface area contributed by atoms with Crippen LogP contribution in [-0.4, -0.2) is 36.5 Å². The Morgan fingerprint density at radius 3 is 2.82 bits per heavy atom. The first kappa shape index (κ1) is 18.9. The molecule has 1 aromatic carbocycles. The number of nitrogens with zero attached hydrogens (tertiary/aromatic N) is 1. The van der Waals surface area contributed by atoms with E-state index in [1.807, 2.05) is 12.1 Å². The lowest BCUT2D eigenvalue weighted by Crippen LogP contribution is -2.54. The fourth-order valence-electron chi connectivity index (χ4n) is 2.90. The molecule has 0 aromatic heterocycles. The first-order chi connectivity index (χ1) is 9.87. The molecule has 1 amide bonds. The van der Waals surface area contributed by atoms with Crippen LogP contribution in [0.15, 0.2) is 24.3 Å². The van der Waals surface area contributed by atoms with Gasteiger partial charge in [0, 0.05) is 25.7 Å². The molecular formula is C17H28ClN3O. The summed E-state index contributed by atoms with van der Waals surface area (Å²) in [6.45, 7) is 9.25. The van der Waals surface area contributed by atoms with Gasteiger partial charge in [0.15, 0.2) is 0 Å². The smallest absolute Gasteiger partial charge is 0.234 e. The topological polar surface area (TPSA) is 58.4 Å². The monoisotopic (exact) mass is 325 g/mol. The lowest BCUT2D eigenvalue weighted by Gasteiger charge is -2.42. The number of nitrogens with one attached hydrogen (secondary N) is 1. The number of halogens is 1. The van der Waals surface area contributed by atoms with Gasteiger partial charge in [-0.25, -0.2) is 0 Å². The normalized spacial score (nSPS) is 21.0. The van der Waals surface area contributed by atoms with Crippen molar-refractivity contribution in [1.29, 1.82) is 0 Å². The zero-order valence-corrected chi connectivity index (χ0v) is 14.6. The molecule has 0 aliphatic carbocycles. The molecule has 1 fully saturated rings. The Bertz CT molecular complexity index is 504. The molecule has 1 saturated heterocycles. The van der Waals surface area contributed by atoms with Gasteiger partial charge in [-0.05, 0) is 24.3 Å². The Balaban J connectivity index is 0.00000242. The number of aryl methyl sites for hydroxylation is 1. The van der Waals surface area contributed by atoms with Crippen molar-refractivity contribution in [3.8, 4) is 0 Å². The van der Waals surface area contributed by atoms with Gasteiger partial charge in [-0.1, -0.05) is 43.7 Å². The average molecular weight is 326 g/mol. The molecule has 1 aliphatic heterocycles. The van der Waals surface area contributed by atoms with Crippen LogP contribution < -0.4 is 11.1 Å². The van der Waals surface area contributed by atoms with Crippen LogP contribution in [0.5, 0.6) is 0 Å². The summed E-state index contributed by atoms with van der Waals surface area (Å²) >= 11 is 0. The van der Waals surface area contributed by atoms with Crippen molar-refractivity contribution >= 4 is 18.3 Å². The molecule has 1 atom stereocenters. The van der Waals surface area contributed by atoms with Gasteiger partial charge in [0.05, 0.1) is 6.54 Å². The minimum atomic E-state index is 0. The van der Waals surface area contributed by atoms with E-state index in [-0.39, 0.29) is 29.8 Å². The lowest BCUT2D eigenvalue weighted by molar-refractivity contribution is -0.123. The highest BCUT2D eigenvalue weighted by Gasteiger charge is 2.33. The van der Waals surface area contributed by atoms with Crippen LogP contribution in [-0.2, 0) is 11.3 Å². The zero-order chi connectivity index (χ0) is 15.5. The summed E-state index contributed by atoms with van der Waals surface area (Å²) in [5, 5.41) is 3.00. The van der Waals surface area contributed by atoms with Crippen molar-refractivity contribution in [3.05, 3.63) is 35.4 Å². The quantitative estimate of drug-likeness (QED) is 0.891. The second-order valence-corrected chi connectivity index (χ2v) is 6.86. The maximum Gasteiger partial charge on any atom is 0.234 e. The third-order valence-corrected chi connectivity index (χ3v) is 4.33. The number of rotatable bonds is 4. The van der Waals surface area contributed by atoms with Crippen LogP contribution in [0, 0.1) is 12.3 Å². The molecule has 0 saturated carbocycles. The van der Waals surface area contributed by atoms with Crippen LogP contribution in [0.25, 0.3) is 0 Å². The maximum absolute atomic E-state index is 12.1. The van der Waals surface area contributed by atoms with Crippen molar-refractivity contribution in [3.63, 3.8) is 0 Å². The van der Waals surface area contributed by atoms with E-state index < -0.39 is 0 Å². The van der Waals surface area contributed by atoms with E-state index in [0.717, 1.165) is 25.1 Å². The molecule has 22 heavy (non-hydrogen) atoms. The number of nitrogens with two attached hydrogens (primary N) is 1. The lowest BCUT2D eigenvalue weighted by atomic mass is 9.80. The van der Waals surface area contributed by atoms with Gasteiger partial charge in [0.1, 0.15) is 0 Å². The summed E-state index contributed by atoms with van der Waals surface area (Å²) in [6, 6.07) is 8.44. The van der Waals surface area contributed by atoms with Gasteiger partial charge in [0.2, 0.25) is 5.91 Å². The van der Waals surface area contributed by atoms with Crippen LogP contribution in [0.2, 0.25) is 0 Å². The molecule has 1 aromatic rings. The number of piperidine rings is 1. The molecule has 0 spiro atoms. The summed E-state index contributed by atoms with van der Waals surface area (Å²) < 4.78 is 0. The number of hydrogen-bond donors (Lipinski definition) is 2. The number of benzene rings is 1. The van der Waals surface area contributed by atoms with Crippen LogP contribution in [0.4, 0.5) is 0 Å². The fraction of sp³-hybridized carbons (Fsp3) is 0.588. The number of carbonyl (C=O) groups is 1. The Hall–Kier alpha value is -1.10. The van der Waals surface area contributed by atoms with Crippen LogP contribution in [0.3, 0.4) is 0 Å². The molecular weight excluding hydrogens is 298 g/mol. The predicted octanol–water partition coefficient (Wildman–Crippen LogP) is 2.09. The summed E-state index contributed by atoms with van der Waals surface area (Å²) in [5.74, 6) is 0.0859. The van der Waals surface area contributed by atoms with Crippen molar-refractivity contribution in [2.75, 3.05) is 19.6 Å². The Kier molecular flexibility index (Phi) is 6.85. The van der Waals surface area contributed by atoms with E-state index in [0.29, 0.717) is 13.1 Å². The number of amides is 1. The van der Waals surface area contributed by atoms with Crippen LogP contribution in [0.1, 0.15) is 31.4 Å². The molecule has 4 nitrogen and oxygen atoms in total. The molecule has 3 N–H and O–H groups in total. The molecule has 0 bridgehead atoms. The second kappa shape index (κ2) is 7.95. The van der Waals surface area contributed by atoms with Gasteiger partial charge in [-0.3, -0.25) is 9.69 Å². The number of carbonyl (C=O) groups excluding carboxylic acids is 1. The maximum atomic E-state index is 12.1. The SMILES string of the molecule is Cc1cccc(CNC(=O)CN2CCC(N)C(C)(C)C2)c1.Cl. The van der Waals surface area contributed by atoms with E-state index in [4.69, 9.17) is 5.73 Å². The Morgan fingerprint density at radius 1 is 1.45 bits per heavy atom. The van der Waals surface area contributed by atoms with Crippen molar-refractivity contribution in [1.82, 2.24) is 10.2 Å². The van der Waals surface area contributed by atoms with Crippen molar-refractivity contribution in [2.45, 2.75) is 39.8 Å². The summed E-state index contributed by atoms with van der Waals surface area (Å²) in [5.41, 5.74) is 8.56. The predicted molar refractivity (Wildman–Crippen MR) is 93.1 cm³/mol. The van der Waals surface area contributed by atoms with E-state index in [1.165, 1.54) is 5.56 Å². The van der Waals surface area contributed by atoms with Crippen molar-refractivity contribution in [2.24, 2.45) is 11.1 Å². The minimum Gasteiger partial charge on any atom is -0.351 e. The van der Waals surface area contributed by atoms with E-state index in [1.54, 1.807) is 0 Å². The molecule has 2 rings (SSSR count). The third-order valence-electron chi connectivity index (χ3n) is 4.33. The number of hydrogen-bond acceptors (Lipinski definition) is 3. The Labute approximate surface area is 139 Å². The molecule has 1 unspecified atom stereocenters. The third kappa shape index (κ3) is 5.27. The molecule has 0 radical (unpaired) electrons. The van der Waals surface area contributed by atoms with Gasteiger partial charge in [-0.2, -0.15) is 0 Å². The van der Waals surface area contributed by atoms with Gasteiger partial charge in [-0.15, -0.1) is 12.4 Å². The summed E-state index contributed by atoms with van der Waals surface area (Å²) in [7, 11) is 0. The molecule has 5 heteroatoms. The first-order valence-corrected chi connectivity index (χ1v) is 7.67. The fourth-order valence-corrected chi connectivity index (χ4v) is 2.90. The van der Waals surface area contributed by atoms with E-state index >= 15 is 0 Å². The summed E-state index contributed by atoms with van der Waals surface area (Å²) in [6.07, 6.45) is 0.957. The van der Waals surface area contributed by atoms with Gasteiger partial charge in [0.25, 0.3) is 0 Å². The highest BCUT2D eigenvalue weighted by atomic mass is 35.5. The minimum absolute atomic E-state index is 0. The highest BCUT2D eigenvalue weighted by molar-refractivity contribution is 5.85. The second-order valence-electron chi connectivity index (χ2n) is 6.86. The molecule has 1 heterocycles. The van der Waals surface area contributed by atoms with E-state index in [2.05, 4.69) is 43.1 Å². The van der Waals surface area contributed by atoms with Gasteiger partial charge < -0.3 is 11.1 Å². The highest BCUT2D eigenvalue weighted by Crippen LogP contribution is 2.27. The standard InChI is InChI=1S/C17H27N3O.ClH/c1-13-5-4-6-14(9-13)10-19-16(21)11-20-8-7-15(18)17(2,3)12-20;/h4-6,9,15H,7-8,10-12,18H2,1-3H3,(H,19,21);1H. The Morgan fingerprint density at radius 2 is 2.18 bits per heavy atom. The first-order valence-electron chi connectivity index (χ1n) is 7.67. The summed E-state index contributed by atoms with van der Waals surface area (Å²) in [4.78, 5) is 14.3.